The van der Waals surface area contributed by atoms with E-state index in [4.69, 9.17) is 14.2 Å². The number of rotatable bonds is 14. The summed E-state index contributed by atoms with van der Waals surface area (Å²) in [7, 11) is 1.64. The van der Waals surface area contributed by atoms with Gasteiger partial charge in [0, 0.05) is 20.2 Å². The van der Waals surface area contributed by atoms with Crippen LogP contribution in [0.4, 0.5) is 0 Å². The zero-order valence-corrected chi connectivity index (χ0v) is 17.0. The molecule has 5 nitrogen and oxygen atoms in total. The van der Waals surface area contributed by atoms with Gasteiger partial charge in [0.1, 0.15) is 6.79 Å². The van der Waals surface area contributed by atoms with Crippen molar-refractivity contribution in [2.75, 3.05) is 33.7 Å². The summed E-state index contributed by atoms with van der Waals surface area (Å²) in [6, 6.07) is 20.5. The minimum absolute atomic E-state index is 0.128. The van der Waals surface area contributed by atoms with E-state index in [1.54, 1.807) is 7.11 Å². The quantitative estimate of drug-likeness (QED) is 0.397. The number of ether oxygens (including phenoxy) is 3. The molecule has 0 aliphatic rings. The molecule has 0 aromatic heterocycles. The number of aliphatic hydroxyl groups is 1. The highest BCUT2D eigenvalue weighted by molar-refractivity contribution is 5.17. The molecule has 0 aliphatic carbocycles. The van der Waals surface area contributed by atoms with Gasteiger partial charge in [0.2, 0.25) is 0 Å². The van der Waals surface area contributed by atoms with Gasteiger partial charge in [-0.3, -0.25) is 4.90 Å². The Morgan fingerprint density at radius 2 is 1.43 bits per heavy atom. The molecule has 0 spiro atoms. The first-order chi connectivity index (χ1) is 13.7. The van der Waals surface area contributed by atoms with E-state index in [1.165, 1.54) is 11.1 Å². The Hall–Kier alpha value is -1.76. The van der Waals surface area contributed by atoms with E-state index >= 15 is 0 Å². The first kappa shape index (κ1) is 22.5. The summed E-state index contributed by atoms with van der Waals surface area (Å²) >= 11 is 0. The van der Waals surface area contributed by atoms with Crippen LogP contribution in [0.5, 0.6) is 0 Å². The van der Waals surface area contributed by atoms with Gasteiger partial charge in [0.25, 0.3) is 0 Å². The Balaban J connectivity index is 2.07. The van der Waals surface area contributed by atoms with Crippen LogP contribution in [0.25, 0.3) is 0 Å². The molecule has 0 saturated carbocycles. The predicted molar refractivity (Wildman–Crippen MR) is 111 cm³/mol. The third-order valence-corrected chi connectivity index (χ3v) is 4.68. The van der Waals surface area contributed by atoms with E-state index in [2.05, 4.69) is 29.2 Å². The van der Waals surface area contributed by atoms with Crippen molar-refractivity contribution >= 4 is 0 Å². The maximum Gasteiger partial charge on any atom is 0.146 e. The Morgan fingerprint density at radius 3 is 1.93 bits per heavy atom. The van der Waals surface area contributed by atoms with Crippen LogP contribution in [0.3, 0.4) is 0 Å². The second-order valence-electron chi connectivity index (χ2n) is 6.81. The molecule has 2 aromatic carbocycles. The number of methoxy groups -OCH3 is 1. The molecule has 5 heteroatoms. The maximum absolute atomic E-state index is 10.7. The molecule has 0 radical (unpaired) electrons. The molecular formula is C23H33NO4. The van der Waals surface area contributed by atoms with E-state index in [0.29, 0.717) is 26.2 Å². The summed E-state index contributed by atoms with van der Waals surface area (Å²) in [5.41, 5.74) is 2.42. The second kappa shape index (κ2) is 13.4. The van der Waals surface area contributed by atoms with E-state index in [1.807, 2.05) is 43.3 Å². The third-order valence-electron chi connectivity index (χ3n) is 4.68. The van der Waals surface area contributed by atoms with Crippen LogP contribution in [0.15, 0.2) is 60.7 Å². The van der Waals surface area contributed by atoms with Crippen LogP contribution < -0.4 is 0 Å². The highest BCUT2D eigenvalue weighted by Crippen LogP contribution is 2.17. The highest BCUT2D eigenvalue weighted by atomic mass is 16.7. The molecule has 0 bridgehead atoms. The molecule has 154 valence electrons. The normalized spacial score (nSPS) is 13.6. The second-order valence-corrected chi connectivity index (χ2v) is 6.81. The molecule has 2 rings (SSSR count). The molecule has 0 aliphatic heterocycles. The summed E-state index contributed by atoms with van der Waals surface area (Å²) < 4.78 is 16.1. The van der Waals surface area contributed by atoms with Gasteiger partial charge in [0.15, 0.2) is 0 Å². The summed E-state index contributed by atoms with van der Waals surface area (Å²) in [6.45, 7) is 5.11. The average Bonchev–Trinajstić information content (AvgIpc) is 2.74. The largest absolute Gasteiger partial charge is 0.391 e. The van der Waals surface area contributed by atoms with Crippen molar-refractivity contribution in [2.45, 2.75) is 38.6 Å². The molecule has 2 aromatic rings. The first-order valence-corrected chi connectivity index (χ1v) is 9.89. The average molecular weight is 388 g/mol. The highest BCUT2D eigenvalue weighted by Gasteiger charge is 2.26. The van der Waals surface area contributed by atoms with Crippen molar-refractivity contribution in [3.63, 3.8) is 0 Å². The Bertz CT molecular complexity index is 582. The van der Waals surface area contributed by atoms with E-state index < -0.39 is 6.10 Å². The van der Waals surface area contributed by atoms with Gasteiger partial charge in [0.05, 0.1) is 32.0 Å². The van der Waals surface area contributed by atoms with Crippen molar-refractivity contribution in [3.05, 3.63) is 71.8 Å². The fraction of sp³-hybridized carbons (Fsp3) is 0.478. The molecule has 2 atom stereocenters. The SMILES string of the molecule is CC[C@H](O)[C@H](COCOCCOC)N(Cc1ccccc1)Cc1ccccc1. The van der Waals surface area contributed by atoms with Crippen molar-refractivity contribution in [1.29, 1.82) is 0 Å². The molecule has 0 fully saturated rings. The van der Waals surface area contributed by atoms with Crippen LogP contribution in [0.1, 0.15) is 24.5 Å². The van der Waals surface area contributed by atoms with Gasteiger partial charge in [-0.1, -0.05) is 67.6 Å². The minimum atomic E-state index is -0.480. The van der Waals surface area contributed by atoms with Crippen LogP contribution in [0.2, 0.25) is 0 Å². The van der Waals surface area contributed by atoms with Gasteiger partial charge < -0.3 is 19.3 Å². The number of aliphatic hydroxyl groups excluding tert-OH is 1. The van der Waals surface area contributed by atoms with Gasteiger partial charge in [-0.15, -0.1) is 0 Å². The lowest BCUT2D eigenvalue weighted by atomic mass is 10.0. The molecule has 0 unspecified atom stereocenters. The number of hydrogen-bond donors (Lipinski definition) is 1. The topological polar surface area (TPSA) is 51.2 Å². The van der Waals surface area contributed by atoms with Crippen molar-refractivity contribution in [3.8, 4) is 0 Å². The van der Waals surface area contributed by atoms with Crippen molar-refractivity contribution < 1.29 is 19.3 Å². The van der Waals surface area contributed by atoms with Crippen molar-refractivity contribution in [1.82, 2.24) is 4.90 Å². The monoisotopic (exact) mass is 387 g/mol. The lowest BCUT2D eigenvalue weighted by Crippen LogP contribution is -2.46. The lowest BCUT2D eigenvalue weighted by molar-refractivity contribution is -0.0966. The van der Waals surface area contributed by atoms with Gasteiger partial charge in [-0.25, -0.2) is 0 Å². The Kier molecular flexibility index (Phi) is 10.8. The summed E-state index contributed by atoms with van der Waals surface area (Å²) in [4.78, 5) is 2.29. The lowest BCUT2D eigenvalue weighted by Gasteiger charge is -2.34. The standard InChI is InChI=1S/C23H33NO4/c1-3-23(25)22(18-28-19-27-15-14-26-2)24(16-20-10-6-4-7-11-20)17-21-12-8-5-9-13-21/h4-13,22-23,25H,3,14-19H2,1-2H3/t22-,23-/m0/s1. The third kappa shape index (κ3) is 8.09. The first-order valence-electron chi connectivity index (χ1n) is 9.89. The molecule has 1 N–H and O–H groups in total. The Morgan fingerprint density at radius 1 is 0.857 bits per heavy atom. The molecule has 0 heterocycles. The molecule has 0 amide bonds. The smallest absolute Gasteiger partial charge is 0.146 e. The minimum Gasteiger partial charge on any atom is -0.391 e. The summed E-state index contributed by atoms with van der Waals surface area (Å²) in [5.74, 6) is 0. The van der Waals surface area contributed by atoms with Crippen LogP contribution >= 0.6 is 0 Å². The molecular weight excluding hydrogens is 354 g/mol. The van der Waals surface area contributed by atoms with Gasteiger partial charge in [-0.2, -0.15) is 0 Å². The number of nitrogens with zero attached hydrogens (tertiary/aromatic N) is 1. The van der Waals surface area contributed by atoms with Gasteiger partial charge in [-0.05, 0) is 17.5 Å². The van der Waals surface area contributed by atoms with E-state index in [0.717, 1.165) is 13.1 Å². The molecule has 0 saturated heterocycles. The Labute approximate surface area is 168 Å². The summed E-state index contributed by atoms with van der Waals surface area (Å²) in [6.07, 6.45) is 0.185. The van der Waals surface area contributed by atoms with Crippen LogP contribution in [-0.2, 0) is 27.3 Å². The van der Waals surface area contributed by atoms with E-state index in [-0.39, 0.29) is 12.8 Å². The summed E-state index contributed by atoms with van der Waals surface area (Å²) in [5, 5.41) is 10.7. The molecule has 28 heavy (non-hydrogen) atoms. The van der Waals surface area contributed by atoms with Crippen molar-refractivity contribution in [2.24, 2.45) is 0 Å². The zero-order valence-electron chi connectivity index (χ0n) is 17.0. The zero-order chi connectivity index (χ0) is 20.0. The number of hydrogen-bond acceptors (Lipinski definition) is 5. The van der Waals surface area contributed by atoms with Crippen LogP contribution in [-0.4, -0.2) is 55.9 Å². The fourth-order valence-corrected chi connectivity index (χ4v) is 3.09. The van der Waals surface area contributed by atoms with Crippen LogP contribution in [0, 0.1) is 0 Å². The predicted octanol–water partition coefficient (Wildman–Crippen LogP) is 3.47. The van der Waals surface area contributed by atoms with Gasteiger partial charge >= 0.3 is 0 Å². The number of benzene rings is 2. The fourth-order valence-electron chi connectivity index (χ4n) is 3.09. The van der Waals surface area contributed by atoms with E-state index in [9.17, 15) is 5.11 Å². The maximum atomic E-state index is 10.7.